The normalized spacial score (nSPS) is 15.7. The van der Waals surface area contributed by atoms with Crippen molar-refractivity contribution in [2.75, 3.05) is 39.3 Å². The van der Waals surface area contributed by atoms with Gasteiger partial charge in [0.2, 0.25) is 0 Å². The lowest BCUT2D eigenvalue weighted by Gasteiger charge is -2.26. The molecule has 0 aliphatic carbocycles. The summed E-state index contributed by atoms with van der Waals surface area (Å²) in [5.41, 5.74) is 0.788. The molecule has 1 aromatic rings. The van der Waals surface area contributed by atoms with Gasteiger partial charge in [-0.15, -0.1) is 0 Å². The Morgan fingerprint density at radius 1 is 1.18 bits per heavy atom. The molecule has 0 radical (unpaired) electrons. The van der Waals surface area contributed by atoms with E-state index in [1.54, 1.807) is 0 Å². The molecule has 1 fully saturated rings. The summed E-state index contributed by atoms with van der Waals surface area (Å²) in [7, 11) is 0. The van der Waals surface area contributed by atoms with E-state index in [1.165, 1.54) is 12.8 Å². The number of hydrogen-bond acceptors (Lipinski definition) is 4. The molecule has 4 heteroatoms. The maximum Gasteiger partial charge on any atom is 0.164 e. The number of ether oxygens (including phenoxy) is 1. The fourth-order valence-electron chi connectivity index (χ4n) is 2.62. The smallest absolute Gasteiger partial charge is 0.164 e. The second kappa shape index (κ2) is 9.59. The van der Waals surface area contributed by atoms with Crippen LogP contribution in [-0.4, -0.2) is 50.0 Å². The van der Waals surface area contributed by atoms with E-state index in [1.807, 2.05) is 24.3 Å². The van der Waals surface area contributed by atoms with Crippen molar-refractivity contribution < 1.29 is 9.53 Å². The fourth-order valence-corrected chi connectivity index (χ4v) is 2.62. The number of carbonyl (C=O) groups is 1. The molecule has 0 aromatic heterocycles. The minimum absolute atomic E-state index is 0.219. The third-order valence-corrected chi connectivity index (χ3v) is 4.06. The average molecular weight is 304 g/mol. The summed E-state index contributed by atoms with van der Waals surface area (Å²) in [6, 6.07) is 7.58. The number of rotatable bonds is 9. The number of benzene rings is 1. The van der Waals surface area contributed by atoms with E-state index in [9.17, 15) is 4.79 Å². The highest BCUT2D eigenvalue weighted by atomic mass is 16.5. The van der Waals surface area contributed by atoms with Crippen LogP contribution in [0.4, 0.5) is 0 Å². The molecule has 1 heterocycles. The van der Waals surface area contributed by atoms with Gasteiger partial charge in [-0.2, -0.15) is 0 Å². The Hall–Kier alpha value is -1.39. The first kappa shape index (κ1) is 17.0. The third kappa shape index (κ3) is 5.78. The maximum atomic E-state index is 12.2. The van der Waals surface area contributed by atoms with Crippen LogP contribution < -0.4 is 10.1 Å². The third-order valence-electron chi connectivity index (χ3n) is 4.06. The Balaban J connectivity index is 1.73. The van der Waals surface area contributed by atoms with Crippen LogP contribution in [0.1, 0.15) is 43.0 Å². The van der Waals surface area contributed by atoms with Gasteiger partial charge in [-0.3, -0.25) is 4.79 Å². The maximum absolute atomic E-state index is 12.2. The van der Waals surface area contributed by atoms with Gasteiger partial charge >= 0.3 is 0 Å². The van der Waals surface area contributed by atoms with Crippen molar-refractivity contribution in [2.24, 2.45) is 0 Å². The number of carbonyl (C=O) groups excluding carboxylic acids is 1. The molecular formula is C18H28N2O2. The molecule has 2 rings (SSSR count). The van der Waals surface area contributed by atoms with E-state index in [4.69, 9.17) is 4.74 Å². The van der Waals surface area contributed by atoms with Gasteiger partial charge in [0, 0.05) is 44.7 Å². The number of ketones is 1. The number of piperazine rings is 1. The van der Waals surface area contributed by atoms with Crippen molar-refractivity contribution in [1.82, 2.24) is 10.2 Å². The van der Waals surface area contributed by atoms with Gasteiger partial charge in [0.1, 0.15) is 5.75 Å². The molecule has 0 bridgehead atoms. The highest BCUT2D eigenvalue weighted by Crippen LogP contribution is 2.14. The standard InChI is InChI=1S/C18H28N2O2/c1-2-3-4-15-22-17-7-5-16(6-8-17)18(21)9-12-20-13-10-19-11-14-20/h5-8,19H,2-4,9-15H2,1H3. The molecule has 0 unspecified atom stereocenters. The molecule has 4 nitrogen and oxygen atoms in total. The molecule has 1 aliphatic rings. The van der Waals surface area contributed by atoms with Crippen molar-refractivity contribution in [1.29, 1.82) is 0 Å². The lowest BCUT2D eigenvalue weighted by molar-refractivity contribution is 0.0960. The predicted octanol–water partition coefficient (Wildman–Crippen LogP) is 2.73. The monoisotopic (exact) mass is 304 g/mol. The van der Waals surface area contributed by atoms with Crippen LogP contribution in [0.5, 0.6) is 5.75 Å². The summed E-state index contributed by atoms with van der Waals surface area (Å²) in [6.45, 7) is 7.92. The lowest BCUT2D eigenvalue weighted by Crippen LogP contribution is -2.44. The van der Waals surface area contributed by atoms with E-state index in [2.05, 4.69) is 17.1 Å². The molecule has 0 spiro atoms. The van der Waals surface area contributed by atoms with Gasteiger partial charge in [-0.05, 0) is 30.7 Å². The molecule has 1 N–H and O–H groups in total. The van der Waals surface area contributed by atoms with Crippen LogP contribution in [0, 0.1) is 0 Å². The first-order valence-corrected chi connectivity index (χ1v) is 8.48. The van der Waals surface area contributed by atoms with E-state index < -0.39 is 0 Å². The zero-order valence-corrected chi connectivity index (χ0v) is 13.6. The first-order valence-electron chi connectivity index (χ1n) is 8.48. The molecule has 122 valence electrons. The Morgan fingerprint density at radius 2 is 1.91 bits per heavy atom. The molecule has 0 atom stereocenters. The molecule has 22 heavy (non-hydrogen) atoms. The van der Waals surface area contributed by atoms with Crippen molar-refractivity contribution in [3.63, 3.8) is 0 Å². The van der Waals surface area contributed by atoms with Crippen molar-refractivity contribution in [3.05, 3.63) is 29.8 Å². The van der Waals surface area contributed by atoms with Gasteiger partial charge in [-0.25, -0.2) is 0 Å². The van der Waals surface area contributed by atoms with Gasteiger partial charge in [-0.1, -0.05) is 19.8 Å². The number of hydrogen-bond donors (Lipinski definition) is 1. The Bertz CT molecular complexity index is 439. The van der Waals surface area contributed by atoms with Crippen molar-refractivity contribution >= 4 is 5.78 Å². The van der Waals surface area contributed by atoms with E-state index >= 15 is 0 Å². The summed E-state index contributed by atoms with van der Waals surface area (Å²) in [4.78, 5) is 14.6. The highest BCUT2D eigenvalue weighted by molar-refractivity contribution is 5.96. The van der Waals surface area contributed by atoms with Crippen LogP contribution in [-0.2, 0) is 0 Å². The lowest BCUT2D eigenvalue weighted by atomic mass is 10.1. The number of Topliss-reactive ketones (excluding diaryl/α,β-unsaturated/α-hetero) is 1. The minimum atomic E-state index is 0.219. The number of unbranched alkanes of at least 4 members (excludes halogenated alkanes) is 2. The van der Waals surface area contributed by atoms with E-state index in [0.717, 1.165) is 57.1 Å². The van der Waals surface area contributed by atoms with Crippen molar-refractivity contribution in [3.8, 4) is 5.75 Å². The van der Waals surface area contributed by atoms with Gasteiger partial charge in [0.25, 0.3) is 0 Å². The van der Waals surface area contributed by atoms with Crippen LogP contribution in [0.15, 0.2) is 24.3 Å². The second-order valence-electron chi connectivity index (χ2n) is 5.84. The molecule has 1 aliphatic heterocycles. The predicted molar refractivity (Wildman–Crippen MR) is 89.7 cm³/mol. The molecule has 1 aromatic carbocycles. The van der Waals surface area contributed by atoms with Gasteiger partial charge in [0.15, 0.2) is 5.78 Å². The Kier molecular flexibility index (Phi) is 7.40. The summed E-state index contributed by atoms with van der Waals surface area (Å²) in [5, 5.41) is 3.32. The summed E-state index contributed by atoms with van der Waals surface area (Å²) >= 11 is 0. The average Bonchev–Trinajstić information content (AvgIpc) is 2.58. The molecule has 0 amide bonds. The fraction of sp³-hybridized carbons (Fsp3) is 0.611. The SMILES string of the molecule is CCCCCOc1ccc(C(=O)CCN2CCNCC2)cc1. The molecular weight excluding hydrogens is 276 g/mol. The zero-order valence-electron chi connectivity index (χ0n) is 13.6. The number of nitrogens with one attached hydrogen (secondary N) is 1. The van der Waals surface area contributed by atoms with Crippen LogP contribution in [0.3, 0.4) is 0 Å². The van der Waals surface area contributed by atoms with Gasteiger partial charge < -0.3 is 15.0 Å². The summed E-state index contributed by atoms with van der Waals surface area (Å²) < 4.78 is 5.67. The Morgan fingerprint density at radius 3 is 2.59 bits per heavy atom. The largest absolute Gasteiger partial charge is 0.494 e. The van der Waals surface area contributed by atoms with Crippen LogP contribution in [0.25, 0.3) is 0 Å². The topological polar surface area (TPSA) is 41.6 Å². The molecule has 0 saturated carbocycles. The number of nitrogens with zero attached hydrogens (tertiary/aromatic N) is 1. The Labute approximate surface area is 133 Å². The van der Waals surface area contributed by atoms with Gasteiger partial charge in [0.05, 0.1) is 6.61 Å². The second-order valence-corrected chi connectivity index (χ2v) is 5.84. The van der Waals surface area contributed by atoms with E-state index in [0.29, 0.717) is 6.42 Å². The molecule has 1 saturated heterocycles. The summed E-state index contributed by atoms with van der Waals surface area (Å²) in [6.07, 6.45) is 4.07. The zero-order chi connectivity index (χ0) is 15.6. The quantitative estimate of drug-likeness (QED) is 0.562. The van der Waals surface area contributed by atoms with Crippen LogP contribution >= 0.6 is 0 Å². The first-order chi connectivity index (χ1) is 10.8. The van der Waals surface area contributed by atoms with Crippen LogP contribution in [0.2, 0.25) is 0 Å². The van der Waals surface area contributed by atoms with Crippen molar-refractivity contribution in [2.45, 2.75) is 32.6 Å². The highest BCUT2D eigenvalue weighted by Gasteiger charge is 2.12. The van der Waals surface area contributed by atoms with E-state index in [-0.39, 0.29) is 5.78 Å². The summed E-state index contributed by atoms with van der Waals surface area (Å²) in [5.74, 6) is 1.07. The minimum Gasteiger partial charge on any atom is -0.494 e.